The van der Waals surface area contributed by atoms with E-state index in [1.165, 1.54) is 15.3 Å². The summed E-state index contributed by atoms with van der Waals surface area (Å²) in [5.74, 6) is -0.0158. The number of thioether (sulfide) groups is 1. The summed E-state index contributed by atoms with van der Waals surface area (Å²) in [5, 5.41) is 4.31. The standard InChI is InChI=1S/C18H24N4O5S3/c23-16(19-13-1-2-13)18(25)21-6-4-20(5-7-21)17(24)15-14(3-10-29-15)30(26,27)22-8-11-28-12-9-22/h3,10,13H,1-2,4-9,11-12H2,(H,19,23). The van der Waals surface area contributed by atoms with Gasteiger partial charge in [-0.3, -0.25) is 14.4 Å². The van der Waals surface area contributed by atoms with E-state index in [0.29, 0.717) is 13.1 Å². The Balaban J connectivity index is 1.40. The van der Waals surface area contributed by atoms with Crippen molar-refractivity contribution in [3.05, 3.63) is 16.3 Å². The molecule has 0 atom stereocenters. The zero-order valence-electron chi connectivity index (χ0n) is 16.4. The summed E-state index contributed by atoms with van der Waals surface area (Å²) in [4.78, 5) is 40.5. The highest BCUT2D eigenvalue weighted by molar-refractivity contribution is 7.99. The first-order chi connectivity index (χ1) is 14.4. The SMILES string of the molecule is O=C(NC1CC1)C(=O)N1CCN(C(=O)c2sccc2S(=O)(=O)N2CCSCC2)CC1. The van der Waals surface area contributed by atoms with Gasteiger partial charge in [0.2, 0.25) is 10.0 Å². The van der Waals surface area contributed by atoms with Crippen molar-refractivity contribution < 1.29 is 22.8 Å². The normalized spacial score (nSPS) is 20.8. The predicted molar refractivity (Wildman–Crippen MR) is 114 cm³/mol. The van der Waals surface area contributed by atoms with Gasteiger partial charge in [-0.1, -0.05) is 0 Å². The van der Waals surface area contributed by atoms with Crippen LogP contribution in [0.25, 0.3) is 0 Å². The minimum Gasteiger partial charge on any atom is -0.345 e. The molecule has 1 aromatic heterocycles. The van der Waals surface area contributed by atoms with Crippen molar-refractivity contribution >= 4 is 50.8 Å². The highest BCUT2D eigenvalue weighted by atomic mass is 32.2. The van der Waals surface area contributed by atoms with Crippen LogP contribution in [0.3, 0.4) is 0 Å². The first-order valence-corrected chi connectivity index (χ1v) is 13.4. The zero-order chi connectivity index (χ0) is 21.3. The van der Waals surface area contributed by atoms with Crippen molar-refractivity contribution in [2.45, 2.75) is 23.8 Å². The number of carbonyl (C=O) groups excluding carboxylic acids is 3. The number of hydrogen-bond acceptors (Lipinski definition) is 7. The largest absolute Gasteiger partial charge is 0.345 e. The Labute approximate surface area is 183 Å². The van der Waals surface area contributed by atoms with E-state index in [9.17, 15) is 22.8 Å². The van der Waals surface area contributed by atoms with Crippen LogP contribution in [0.5, 0.6) is 0 Å². The van der Waals surface area contributed by atoms with E-state index in [2.05, 4.69) is 5.32 Å². The molecule has 0 spiro atoms. The third kappa shape index (κ3) is 4.51. The fourth-order valence-electron chi connectivity index (χ4n) is 3.46. The number of rotatable bonds is 4. The second kappa shape index (κ2) is 8.85. The van der Waals surface area contributed by atoms with Crippen LogP contribution in [0, 0.1) is 0 Å². The lowest BCUT2D eigenvalue weighted by atomic mass is 10.2. The van der Waals surface area contributed by atoms with Gasteiger partial charge in [-0.25, -0.2) is 8.42 Å². The second-order valence-electron chi connectivity index (χ2n) is 7.46. The second-order valence-corrected chi connectivity index (χ2v) is 11.5. The minimum atomic E-state index is -3.71. The molecule has 0 unspecified atom stereocenters. The molecule has 164 valence electrons. The highest BCUT2D eigenvalue weighted by Gasteiger charge is 2.35. The van der Waals surface area contributed by atoms with Gasteiger partial charge in [0.15, 0.2) is 0 Å². The maximum atomic E-state index is 13.0. The van der Waals surface area contributed by atoms with Crippen LogP contribution >= 0.6 is 23.1 Å². The third-order valence-corrected chi connectivity index (χ3v) is 9.29. The van der Waals surface area contributed by atoms with E-state index in [1.807, 2.05) is 0 Å². The van der Waals surface area contributed by atoms with Crippen LogP contribution in [-0.2, 0) is 19.6 Å². The summed E-state index contributed by atoms with van der Waals surface area (Å²) in [5.41, 5.74) is 0. The first kappa shape index (κ1) is 21.6. The molecule has 3 amide bonds. The molecule has 1 N–H and O–H groups in total. The lowest BCUT2D eigenvalue weighted by Crippen LogP contribution is -2.54. The molecule has 3 fully saturated rings. The number of hydrogen-bond donors (Lipinski definition) is 1. The number of thiophene rings is 1. The van der Waals surface area contributed by atoms with Crippen LogP contribution in [0.1, 0.15) is 22.5 Å². The summed E-state index contributed by atoms with van der Waals surface area (Å²) >= 11 is 2.84. The van der Waals surface area contributed by atoms with Crippen molar-refractivity contribution in [2.24, 2.45) is 0 Å². The van der Waals surface area contributed by atoms with E-state index >= 15 is 0 Å². The summed E-state index contributed by atoms with van der Waals surface area (Å²) in [6.45, 7) is 1.91. The Morgan fingerprint density at radius 2 is 1.60 bits per heavy atom. The molecule has 1 saturated carbocycles. The average molecular weight is 473 g/mol. The van der Waals surface area contributed by atoms with Crippen molar-refractivity contribution in [1.82, 2.24) is 19.4 Å². The molecule has 12 heteroatoms. The summed E-state index contributed by atoms with van der Waals surface area (Å²) < 4.78 is 27.5. The maximum Gasteiger partial charge on any atom is 0.312 e. The van der Waals surface area contributed by atoms with Gasteiger partial charge < -0.3 is 15.1 Å². The van der Waals surface area contributed by atoms with Gasteiger partial charge in [0, 0.05) is 56.8 Å². The van der Waals surface area contributed by atoms with Gasteiger partial charge in [0.05, 0.1) is 0 Å². The van der Waals surface area contributed by atoms with E-state index in [-0.39, 0.29) is 47.9 Å². The predicted octanol–water partition coefficient (Wildman–Crippen LogP) is 0.0486. The molecule has 4 rings (SSSR count). The Morgan fingerprint density at radius 3 is 2.23 bits per heavy atom. The van der Waals surface area contributed by atoms with Gasteiger partial charge in [0.25, 0.3) is 5.91 Å². The Kier molecular flexibility index (Phi) is 6.37. The van der Waals surface area contributed by atoms with Crippen molar-refractivity contribution in [2.75, 3.05) is 50.8 Å². The van der Waals surface area contributed by atoms with Crippen LogP contribution in [0.2, 0.25) is 0 Å². The molecule has 9 nitrogen and oxygen atoms in total. The van der Waals surface area contributed by atoms with E-state index < -0.39 is 21.8 Å². The van der Waals surface area contributed by atoms with Crippen LogP contribution < -0.4 is 5.32 Å². The Bertz CT molecular complexity index is 929. The highest BCUT2D eigenvalue weighted by Crippen LogP contribution is 2.28. The van der Waals surface area contributed by atoms with Crippen LogP contribution in [0.15, 0.2) is 16.3 Å². The molecular weight excluding hydrogens is 448 g/mol. The zero-order valence-corrected chi connectivity index (χ0v) is 18.9. The van der Waals surface area contributed by atoms with Crippen LogP contribution in [-0.4, -0.2) is 97.1 Å². The smallest absolute Gasteiger partial charge is 0.312 e. The summed E-state index contributed by atoms with van der Waals surface area (Å²) in [6, 6.07) is 1.61. The monoisotopic (exact) mass is 472 g/mol. The third-order valence-electron chi connectivity index (χ3n) is 5.37. The summed E-state index contributed by atoms with van der Waals surface area (Å²) in [7, 11) is -3.71. The first-order valence-electron chi connectivity index (χ1n) is 9.92. The van der Waals surface area contributed by atoms with E-state index in [4.69, 9.17) is 0 Å². The van der Waals surface area contributed by atoms with Crippen molar-refractivity contribution in [3.63, 3.8) is 0 Å². The Morgan fingerprint density at radius 1 is 0.967 bits per heavy atom. The lowest BCUT2D eigenvalue weighted by Gasteiger charge is -2.34. The minimum absolute atomic E-state index is 0.0618. The van der Waals surface area contributed by atoms with E-state index in [0.717, 1.165) is 35.7 Å². The number of sulfonamides is 1. The number of piperazine rings is 1. The van der Waals surface area contributed by atoms with Gasteiger partial charge in [-0.2, -0.15) is 16.1 Å². The van der Waals surface area contributed by atoms with Gasteiger partial charge in [-0.15, -0.1) is 11.3 Å². The maximum absolute atomic E-state index is 13.0. The fourth-order valence-corrected chi connectivity index (χ4v) is 7.40. The molecule has 0 radical (unpaired) electrons. The van der Waals surface area contributed by atoms with Crippen molar-refractivity contribution in [1.29, 1.82) is 0 Å². The number of carbonyl (C=O) groups is 3. The number of amides is 3. The topological polar surface area (TPSA) is 107 Å². The molecule has 2 saturated heterocycles. The summed E-state index contributed by atoms with van der Waals surface area (Å²) in [6.07, 6.45) is 1.81. The van der Waals surface area contributed by atoms with Gasteiger partial charge in [0.1, 0.15) is 9.77 Å². The van der Waals surface area contributed by atoms with Gasteiger partial charge in [-0.05, 0) is 24.3 Å². The number of nitrogens with zero attached hydrogens (tertiary/aromatic N) is 3. The number of nitrogens with one attached hydrogen (secondary N) is 1. The fraction of sp³-hybridized carbons (Fsp3) is 0.611. The Hall–Kier alpha value is -1.63. The van der Waals surface area contributed by atoms with Gasteiger partial charge >= 0.3 is 11.8 Å². The lowest BCUT2D eigenvalue weighted by molar-refractivity contribution is -0.146. The quantitative estimate of drug-likeness (QED) is 0.621. The van der Waals surface area contributed by atoms with Crippen LogP contribution in [0.4, 0.5) is 0 Å². The molecule has 1 aromatic rings. The van der Waals surface area contributed by atoms with Crippen molar-refractivity contribution in [3.8, 4) is 0 Å². The van der Waals surface area contributed by atoms with E-state index in [1.54, 1.807) is 22.0 Å². The molecule has 30 heavy (non-hydrogen) atoms. The molecule has 0 aromatic carbocycles. The molecule has 3 aliphatic rings. The molecule has 1 aliphatic carbocycles. The molecule has 2 aliphatic heterocycles. The molecule has 0 bridgehead atoms. The molecule has 3 heterocycles. The average Bonchev–Trinajstić information content (AvgIpc) is 3.44. The molecular formula is C18H24N4O5S3.